The molecule has 1 N–H and O–H groups in total. The molecule has 1 amide bonds. The molecule has 2 aromatic rings. The van der Waals surface area contributed by atoms with E-state index in [4.69, 9.17) is 16.9 Å². The average molecular weight is 380 g/mol. The minimum atomic E-state index is -4.73. The normalized spacial score (nSPS) is 11.2. The summed E-state index contributed by atoms with van der Waals surface area (Å²) in [6, 6.07) is 3.54. The first-order valence-corrected chi connectivity index (χ1v) is 7.27. The van der Waals surface area contributed by atoms with E-state index in [2.05, 4.69) is 5.32 Å². The van der Waals surface area contributed by atoms with Crippen molar-refractivity contribution in [2.75, 3.05) is 5.32 Å². The van der Waals surface area contributed by atoms with Gasteiger partial charge in [0.05, 0.1) is 16.1 Å². The number of pyridine rings is 1. The Balaban J connectivity index is 2.31. The smallest absolute Gasteiger partial charge is 0.320 e. The number of nitrogens with zero attached hydrogens (tertiary/aromatic N) is 2. The number of carbonyl (C=O) groups is 1. The largest absolute Gasteiger partial charge is 0.406 e. The van der Waals surface area contributed by atoms with Gasteiger partial charge in [-0.15, -0.1) is 11.3 Å². The summed E-state index contributed by atoms with van der Waals surface area (Å²) in [7, 11) is 0. The molecule has 0 saturated heterocycles. The summed E-state index contributed by atoms with van der Waals surface area (Å²) < 4.78 is 50.8. The van der Waals surface area contributed by atoms with Crippen LogP contribution in [0.3, 0.4) is 0 Å². The molecule has 0 radical (unpaired) electrons. The summed E-state index contributed by atoms with van der Waals surface area (Å²) in [6.07, 6.45) is -4.06. The second-order valence-corrected chi connectivity index (χ2v) is 6.14. The number of anilines is 1. The lowest BCUT2D eigenvalue weighted by molar-refractivity contribution is -0.141. The molecule has 0 spiro atoms. The van der Waals surface area contributed by atoms with Crippen molar-refractivity contribution in [2.24, 2.45) is 0 Å². The molecule has 2 aromatic heterocycles. The van der Waals surface area contributed by atoms with Gasteiger partial charge in [-0.05, 0) is 6.07 Å². The van der Waals surface area contributed by atoms with Crippen molar-refractivity contribution in [1.82, 2.24) is 4.57 Å². The maximum absolute atomic E-state index is 13.5. The van der Waals surface area contributed by atoms with Crippen LogP contribution in [-0.2, 0) is 6.54 Å². The lowest BCUT2D eigenvalue weighted by Crippen LogP contribution is -2.30. The molecular weight excluding hydrogens is 374 g/mol. The second-order valence-electron chi connectivity index (χ2n) is 4.49. The number of nitriles is 1. The minimum absolute atomic E-state index is 0.00512. The predicted octanol–water partition coefficient (Wildman–Crippen LogP) is 3.39. The van der Waals surface area contributed by atoms with E-state index in [1.54, 1.807) is 6.07 Å². The summed E-state index contributed by atoms with van der Waals surface area (Å²) in [6.45, 7) is -1.70. The lowest BCUT2D eigenvalue weighted by Gasteiger charge is -2.11. The molecule has 126 valence electrons. The first kappa shape index (κ1) is 18.0. The van der Waals surface area contributed by atoms with Gasteiger partial charge in [-0.1, -0.05) is 11.6 Å². The van der Waals surface area contributed by atoms with Gasteiger partial charge in [-0.25, -0.2) is 4.39 Å². The highest BCUT2D eigenvalue weighted by atomic mass is 35.5. The van der Waals surface area contributed by atoms with Gasteiger partial charge in [0.15, 0.2) is 5.82 Å². The molecule has 0 aromatic carbocycles. The number of halogens is 5. The standard InChI is InChI=1S/C13H6ClF4N3O2S/c14-10-6(3-19)1-9(24-10)11(22)20-7-2-8(15)12(23)21(4-7)5-13(16,17)18/h1-2,4H,5H2,(H,20,22). The van der Waals surface area contributed by atoms with Gasteiger partial charge in [0.1, 0.15) is 17.0 Å². The lowest BCUT2D eigenvalue weighted by atomic mass is 10.3. The summed E-state index contributed by atoms with van der Waals surface area (Å²) in [4.78, 5) is 23.4. The van der Waals surface area contributed by atoms with E-state index in [0.29, 0.717) is 12.3 Å². The third kappa shape index (κ3) is 4.12. The molecule has 2 heterocycles. The van der Waals surface area contributed by atoms with Gasteiger partial charge in [-0.3, -0.25) is 9.59 Å². The molecule has 0 bridgehead atoms. The van der Waals surface area contributed by atoms with Crippen LogP contribution in [0.15, 0.2) is 23.1 Å². The van der Waals surface area contributed by atoms with E-state index in [1.165, 1.54) is 6.07 Å². The SMILES string of the molecule is N#Cc1cc(C(=O)Nc2cc(F)c(=O)n(CC(F)(F)F)c2)sc1Cl. The Kier molecular flexibility index (Phi) is 4.96. The van der Waals surface area contributed by atoms with Crippen LogP contribution in [0, 0.1) is 17.1 Å². The molecular formula is C13H6ClF4N3O2S. The molecule has 0 aliphatic heterocycles. The fourth-order valence-electron chi connectivity index (χ4n) is 1.73. The Labute approximate surface area is 140 Å². The van der Waals surface area contributed by atoms with Gasteiger partial charge in [0, 0.05) is 12.3 Å². The molecule has 2 rings (SSSR count). The van der Waals surface area contributed by atoms with Crippen molar-refractivity contribution < 1.29 is 22.4 Å². The van der Waals surface area contributed by atoms with Crippen molar-refractivity contribution in [3.05, 3.63) is 49.3 Å². The van der Waals surface area contributed by atoms with Crippen molar-refractivity contribution in [3.63, 3.8) is 0 Å². The van der Waals surface area contributed by atoms with Crippen molar-refractivity contribution in [1.29, 1.82) is 5.26 Å². The third-order valence-corrected chi connectivity index (χ3v) is 4.04. The number of amides is 1. The Morgan fingerprint density at radius 3 is 2.62 bits per heavy atom. The van der Waals surface area contributed by atoms with Crippen LogP contribution in [0.25, 0.3) is 0 Å². The number of hydrogen-bond acceptors (Lipinski definition) is 4. The fraction of sp³-hybridized carbons (Fsp3) is 0.154. The van der Waals surface area contributed by atoms with Gasteiger partial charge in [-0.2, -0.15) is 18.4 Å². The molecule has 0 saturated carbocycles. The summed E-state index contributed by atoms with van der Waals surface area (Å²) in [5.41, 5.74) is -1.75. The topological polar surface area (TPSA) is 74.9 Å². The molecule has 0 aliphatic carbocycles. The highest BCUT2D eigenvalue weighted by molar-refractivity contribution is 7.18. The summed E-state index contributed by atoms with van der Waals surface area (Å²) >= 11 is 6.50. The summed E-state index contributed by atoms with van der Waals surface area (Å²) in [5, 5.41) is 10.9. The predicted molar refractivity (Wildman–Crippen MR) is 78.7 cm³/mol. The molecule has 24 heavy (non-hydrogen) atoms. The number of hydrogen-bond donors (Lipinski definition) is 1. The van der Waals surface area contributed by atoms with E-state index in [-0.39, 0.29) is 25.0 Å². The number of aromatic nitrogens is 1. The number of rotatable bonds is 3. The zero-order valence-electron chi connectivity index (χ0n) is 11.4. The van der Waals surface area contributed by atoms with Crippen LogP contribution in [-0.4, -0.2) is 16.7 Å². The zero-order valence-corrected chi connectivity index (χ0v) is 13.0. The van der Waals surface area contributed by atoms with Crippen LogP contribution in [0.2, 0.25) is 4.34 Å². The summed E-state index contributed by atoms with van der Waals surface area (Å²) in [5.74, 6) is -2.25. The van der Waals surface area contributed by atoms with Crippen molar-refractivity contribution >= 4 is 34.5 Å². The maximum Gasteiger partial charge on any atom is 0.406 e. The first-order valence-electron chi connectivity index (χ1n) is 6.08. The van der Waals surface area contributed by atoms with Crippen LogP contribution in [0.1, 0.15) is 15.2 Å². The highest BCUT2D eigenvalue weighted by Gasteiger charge is 2.29. The van der Waals surface area contributed by atoms with E-state index in [1.807, 2.05) is 0 Å². The average Bonchev–Trinajstić information content (AvgIpc) is 2.84. The second kappa shape index (κ2) is 6.62. The number of thiophene rings is 1. The molecule has 0 atom stereocenters. The Morgan fingerprint density at radius 2 is 2.08 bits per heavy atom. The zero-order chi connectivity index (χ0) is 18.1. The Hall–Kier alpha value is -2.38. The number of alkyl halides is 3. The number of carbonyl (C=O) groups excluding carboxylic acids is 1. The van der Waals surface area contributed by atoms with E-state index in [9.17, 15) is 27.2 Å². The number of nitrogens with one attached hydrogen (secondary N) is 1. The van der Waals surface area contributed by atoms with Gasteiger partial charge in [0.25, 0.3) is 11.5 Å². The van der Waals surface area contributed by atoms with Crippen LogP contribution < -0.4 is 10.9 Å². The van der Waals surface area contributed by atoms with Crippen LogP contribution in [0.5, 0.6) is 0 Å². The fourth-order valence-corrected chi connectivity index (χ4v) is 2.80. The molecule has 0 aliphatic rings. The Bertz CT molecular complexity index is 898. The minimum Gasteiger partial charge on any atom is -0.320 e. The monoisotopic (exact) mass is 379 g/mol. The molecule has 5 nitrogen and oxygen atoms in total. The van der Waals surface area contributed by atoms with Crippen LogP contribution in [0.4, 0.5) is 23.2 Å². The third-order valence-electron chi connectivity index (χ3n) is 2.68. The van der Waals surface area contributed by atoms with Gasteiger partial charge in [0.2, 0.25) is 0 Å². The Morgan fingerprint density at radius 1 is 1.42 bits per heavy atom. The van der Waals surface area contributed by atoms with E-state index >= 15 is 0 Å². The van der Waals surface area contributed by atoms with E-state index < -0.39 is 30.0 Å². The van der Waals surface area contributed by atoms with Crippen molar-refractivity contribution in [3.8, 4) is 6.07 Å². The first-order chi connectivity index (χ1) is 11.1. The quantitative estimate of drug-likeness (QED) is 0.831. The molecule has 0 fully saturated rings. The maximum atomic E-state index is 13.5. The van der Waals surface area contributed by atoms with E-state index in [0.717, 1.165) is 11.3 Å². The highest BCUT2D eigenvalue weighted by Crippen LogP contribution is 2.27. The van der Waals surface area contributed by atoms with Gasteiger partial charge >= 0.3 is 6.18 Å². The van der Waals surface area contributed by atoms with Crippen molar-refractivity contribution in [2.45, 2.75) is 12.7 Å². The molecule has 0 unspecified atom stereocenters. The van der Waals surface area contributed by atoms with Crippen LogP contribution >= 0.6 is 22.9 Å². The molecule has 11 heteroatoms. The van der Waals surface area contributed by atoms with Gasteiger partial charge < -0.3 is 9.88 Å².